The fraction of sp³-hybridized carbons (Fsp3) is 0.269. The van der Waals surface area contributed by atoms with Gasteiger partial charge in [0.25, 0.3) is 5.88 Å². The van der Waals surface area contributed by atoms with Crippen molar-refractivity contribution in [1.82, 2.24) is 5.16 Å². The minimum absolute atomic E-state index is 0.0700. The molecule has 4 rings (SSSR count). The summed E-state index contributed by atoms with van der Waals surface area (Å²) < 4.78 is 37.4. The van der Waals surface area contributed by atoms with Crippen molar-refractivity contribution < 1.29 is 42.5 Å². The van der Waals surface area contributed by atoms with Crippen LogP contribution in [0.5, 0.6) is 34.6 Å². The number of allylic oxidation sites excluding steroid dienone is 1. The van der Waals surface area contributed by atoms with Crippen LogP contribution in [0.15, 0.2) is 40.6 Å². The Bertz CT molecular complexity index is 1310. The highest BCUT2D eigenvalue weighted by atomic mass is 16.5. The first-order chi connectivity index (χ1) is 17.4. The van der Waals surface area contributed by atoms with Gasteiger partial charge in [-0.1, -0.05) is 0 Å². The first kappa shape index (κ1) is 24.6. The number of methoxy groups -OCH3 is 4. The molecule has 188 valence electrons. The first-order valence-electron chi connectivity index (χ1n) is 11.0. The molecule has 1 aliphatic rings. The molecule has 0 fully saturated rings. The third-order valence-corrected chi connectivity index (χ3v) is 5.48. The molecular weight excluding hydrogens is 470 g/mol. The Kier molecular flexibility index (Phi) is 7.14. The number of nitrogens with zero attached hydrogens (tertiary/aromatic N) is 1. The first-order valence-corrected chi connectivity index (χ1v) is 11.0. The van der Waals surface area contributed by atoms with E-state index in [1.807, 2.05) is 0 Å². The van der Waals surface area contributed by atoms with Crippen LogP contribution in [-0.4, -0.2) is 45.3 Å². The van der Waals surface area contributed by atoms with Gasteiger partial charge in [0.1, 0.15) is 17.3 Å². The van der Waals surface area contributed by atoms with Crippen LogP contribution < -0.4 is 28.4 Å². The fourth-order valence-corrected chi connectivity index (χ4v) is 3.79. The summed E-state index contributed by atoms with van der Waals surface area (Å²) in [5.74, 6) is 2.11. The maximum atomic E-state index is 13.1. The lowest BCUT2D eigenvalue weighted by molar-refractivity contribution is -0.134. The zero-order chi connectivity index (χ0) is 25.8. The molecule has 10 heteroatoms. The molecule has 0 aliphatic carbocycles. The summed E-state index contributed by atoms with van der Waals surface area (Å²) in [6.07, 6.45) is 1.96. The highest BCUT2D eigenvalue weighted by molar-refractivity contribution is 6.15. The van der Waals surface area contributed by atoms with Gasteiger partial charge in [-0.05, 0) is 47.5 Å². The Balaban J connectivity index is 1.51. The van der Waals surface area contributed by atoms with Crippen molar-refractivity contribution in [1.29, 1.82) is 0 Å². The van der Waals surface area contributed by atoms with Gasteiger partial charge < -0.3 is 32.9 Å². The normalized spacial score (nSPS) is 13.2. The number of esters is 1. The quantitative estimate of drug-likeness (QED) is 0.243. The van der Waals surface area contributed by atoms with Gasteiger partial charge in [-0.2, -0.15) is 0 Å². The van der Waals surface area contributed by atoms with Crippen molar-refractivity contribution in [2.24, 2.45) is 0 Å². The summed E-state index contributed by atoms with van der Waals surface area (Å²) in [5, 5.41) is 3.70. The lowest BCUT2D eigenvalue weighted by atomic mass is 10.0. The Morgan fingerprint density at radius 3 is 2.31 bits per heavy atom. The van der Waals surface area contributed by atoms with E-state index < -0.39 is 5.97 Å². The lowest BCUT2D eigenvalue weighted by Gasteiger charge is -2.13. The van der Waals surface area contributed by atoms with Gasteiger partial charge in [0.05, 0.1) is 40.4 Å². The molecule has 36 heavy (non-hydrogen) atoms. The Morgan fingerprint density at radius 1 is 0.972 bits per heavy atom. The van der Waals surface area contributed by atoms with Crippen LogP contribution in [0.25, 0.3) is 6.08 Å². The van der Waals surface area contributed by atoms with Crippen LogP contribution in [0, 0.1) is 6.92 Å². The average Bonchev–Trinajstić information content (AvgIpc) is 3.46. The summed E-state index contributed by atoms with van der Waals surface area (Å²) in [6, 6.07) is 8.16. The van der Waals surface area contributed by atoms with Crippen LogP contribution in [0.3, 0.4) is 0 Å². The number of benzene rings is 2. The highest BCUT2D eigenvalue weighted by Crippen LogP contribution is 2.41. The maximum absolute atomic E-state index is 13.1. The number of carbonyl (C=O) groups excluding carboxylic acids is 2. The van der Waals surface area contributed by atoms with E-state index in [1.54, 1.807) is 37.3 Å². The number of aromatic nitrogens is 1. The Morgan fingerprint density at radius 2 is 1.69 bits per heavy atom. The predicted octanol–water partition coefficient (Wildman–Crippen LogP) is 4.17. The van der Waals surface area contributed by atoms with E-state index in [9.17, 15) is 9.59 Å². The van der Waals surface area contributed by atoms with Gasteiger partial charge in [-0.3, -0.25) is 9.59 Å². The third-order valence-electron chi connectivity index (χ3n) is 5.48. The van der Waals surface area contributed by atoms with Crippen molar-refractivity contribution in [3.8, 4) is 34.6 Å². The number of Topliss-reactive ketones (excluding diaryl/α,β-unsaturated/α-hetero) is 1. The standard InChI is InChI=1S/C26H25NO9/c1-14-8-17(34-23(28)7-6-16-13-22(32-4)27-36-16)12-18-24(14)25(29)19(35-18)9-15-10-20(30-2)26(33-5)21(11-15)31-3/h8-13H,6-7H2,1-5H3/b19-9-. The van der Waals surface area contributed by atoms with Crippen LogP contribution in [0.4, 0.5) is 0 Å². The molecule has 0 N–H and O–H groups in total. The minimum Gasteiger partial charge on any atom is -0.493 e. The smallest absolute Gasteiger partial charge is 0.311 e. The molecule has 0 amide bonds. The number of aryl methyl sites for hydroxylation is 2. The second kappa shape index (κ2) is 10.4. The monoisotopic (exact) mass is 495 g/mol. The fourth-order valence-electron chi connectivity index (χ4n) is 3.79. The molecule has 0 saturated carbocycles. The highest BCUT2D eigenvalue weighted by Gasteiger charge is 2.30. The molecule has 2 heterocycles. The number of fused-ring (bicyclic) bond motifs is 1. The summed E-state index contributed by atoms with van der Waals surface area (Å²) in [6.45, 7) is 1.75. The lowest BCUT2D eigenvalue weighted by Crippen LogP contribution is -2.09. The van der Waals surface area contributed by atoms with Gasteiger partial charge in [-0.15, -0.1) is 0 Å². The van der Waals surface area contributed by atoms with E-state index in [2.05, 4.69) is 5.16 Å². The van der Waals surface area contributed by atoms with Crippen molar-refractivity contribution >= 4 is 17.8 Å². The van der Waals surface area contributed by atoms with E-state index in [-0.39, 0.29) is 23.7 Å². The van der Waals surface area contributed by atoms with E-state index in [1.165, 1.54) is 34.5 Å². The number of ketones is 1. The van der Waals surface area contributed by atoms with E-state index in [0.29, 0.717) is 57.7 Å². The molecule has 0 spiro atoms. The van der Waals surface area contributed by atoms with E-state index >= 15 is 0 Å². The molecule has 0 bridgehead atoms. The van der Waals surface area contributed by atoms with Gasteiger partial charge in [0.2, 0.25) is 11.5 Å². The van der Waals surface area contributed by atoms with Crippen LogP contribution >= 0.6 is 0 Å². The molecule has 0 unspecified atom stereocenters. The molecule has 0 saturated heterocycles. The molecule has 0 radical (unpaired) electrons. The van der Waals surface area contributed by atoms with Gasteiger partial charge in [-0.25, -0.2) is 0 Å². The number of ether oxygens (including phenoxy) is 6. The van der Waals surface area contributed by atoms with Gasteiger partial charge in [0.15, 0.2) is 17.3 Å². The largest absolute Gasteiger partial charge is 0.493 e. The predicted molar refractivity (Wildman–Crippen MR) is 127 cm³/mol. The summed E-state index contributed by atoms with van der Waals surface area (Å²) in [5.41, 5.74) is 1.64. The van der Waals surface area contributed by atoms with Gasteiger partial charge in [0, 0.05) is 18.6 Å². The third kappa shape index (κ3) is 4.97. The molecule has 1 aromatic heterocycles. The second-order valence-electron chi connectivity index (χ2n) is 7.82. The topological polar surface area (TPSA) is 116 Å². The molecule has 0 atom stereocenters. The molecule has 1 aliphatic heterocycles. The summed E-state index contributed by atoms with van der Waals surface area (Å²) in [7, 11) is 6.01. The summed E-state index contributed by atoms with van der Waals surface area (Å²) >= 11 is 0. The number of hydrogen-bond acceptors (Lipinski definition) is 10. The van der Waals surface area contributed by atoms with Gasteiger partial charge >= 0.3 is 5.97 Å². The molecule has 2 aromatic carbocycles. The second-order valence-corrected chi connectivity index (χ2v) is 7.82. The molecular formula is C26H25NO9. The van der Waals surface area contributed by atoms with Crippen molar-refractivity contribution in [3.05, 3.63) is 58.5 Å². The van der Waals surface area contributed by atoms with Crippen molar-refractivity contribution in [2.75, 3.05) is 28.4 Å². The Labute approximate surface area is 207 Å². The summed E-state index contributed by atoms with van der Waals surface area (Å²) in [4.78, 5) is 25.4. The molecule has 3 aromatic rings. The minimum atomic E-state index is -0.470. The van der Waals surface area contributed by atoms with Crippen LogP contribution in [0.2, 0.25) is 0 Å². The Hall–Kier alpha value is -4.47. The number of carbonyl (C=O) groups is 2. The van der Waals surface area contributed by atoms with Crippen molar-refractivity contribution in [2.45, 2.75) is 19.8 Å². The number of hydrogen-bond donors (Lipinski definition) is 0. The van der Waals surface area contributed by atoms with Crippen LogP contribution in [0.1, 0.15) is 33.7 Å². The van der Waals surface area contributed by atoms with E-state index in [4.69, 9.17) is 32.9 Å². The zero-order valence-corrected chi connectivity index (χ0v) is 20.5. The van der Waals surface area contributed by atoms with E-state index in [0.717, 1.165) is 0 Å². The SMILES string of the molecule is COc1cc(CCC(=O)Oc2cc(C)c3c(c2)O/C(=C\c2cc(OC)c(OC)c(OC)c2)C3=O)on1. The van der Waals surface area contributed by atoms with Crippen LogP contribution in [-0.2, 0) is 11.2 Å². The maximum Gasteiger partial charge on any atom is 0.311 e. The zero-order valence-electron chi connectivity index (χ0n) is 20.5. The molecule has 10 nitrogen and oxygen atoms in total. The number of rotatable bonds is 9. The average molecular weight is 495 g/mol. The van der Waals surface area contributed by atoms with Crippen molar-refractivity contribution in [3.63, 3.8) is 0 Å².